The fourth-order valence-electron chi connectivity index (χ4n) is 3.11. The smallest absolute Gasteiger partial charge is 0.119 e. The second kappa shape index (κ2) is 7.54. The summed E-state index contributed by atoms with van der Waals surface area (Å²) in [5.74, 6) is 0.907. The van der Waals surface area contributed by atoms with Crippen molar-refractivity contribution in [2.45, 2.75) is 20.4 Å². The number of benzene rings is 3. The maximum Gasteiger partial charge on any atom is 0.119 e. The molecular weight excluding hydrogens is 334 g/mol. The fraction of sp³-hybridized carbons (Fsp3) is 0.174. The molecule has 0 unspecified atom stereocenters. The van der Waals surface area contributed by atoms with E-state index in [1.54, 1.807) is 0 Å². The van der Waals surface area contributed by atoms with Gasteiger partial charge in [-0.3, -0.25) is 4.57 Å². The topological polar surface area (TPSA) is 39.1 Å². The standard InChI is InChI=1S/C23H23N3O/c1-3-27-21-11-6-18(7-12-21)15-24-19-8-13-23-22(14-19)25-16-26(23)20-9-4-17(2)5-10-20/h4-14,16,24H,3,15H2,1-2H3. The highest BCUT2D eigenvalue weighted by Crippen LogP contribution is 2.22. The van der Waals surface area contributed by atoms with Crippen LogP contribution in [0.4, 0.5) is 5.69 Å². The van der Waals surface area contributed by atoms with E-state index in [-0.39, 0.29) is 0 Å². The lowest BCUT2D eigenvalue weighted by molar-refractivity contribution is 0.340. The Labute approximate surface area is 159 Å². The Morgan fingerprint density at radius 3 is 2.48 bits per heavy atom. The maximum absolute atomic E-state index is 5.49. The van der Waals surface area contributed by atoms with Gasteiger partial charge in [0, 0.05) is 17.9 Å². The molecular formula is C23H23N3O. The van der Waals surface area contributed by atoms with E-state index in [9.17, 15) is 0 Å². The van der Waals surface area contributed by atoms with Gasteiger partial charge in [0.1, 0.15) is 12.1 Å². The van der Waals surface area contributed by atoms with Crippen molar-refractivity contribution in [3.8, 4) is 11.4 Å². The summed E-state index contributed by atoms with van der Waals surface area (Å²) in [6.45, 7) is 5.54. The highest BCUT2D eigenvalue weighted by molar-refractivity contribution is 5.81. The molecule has 0 aliphatic rings. The molecule has 4 rings (SSSR count). The second-order valence-corrected chi connectivity index (χ2v) is 6.58. The van der Waals surface area contributed by atoms with Crippen LogP contribution in [0.2, 0.25) is 0 Å². The monoisotopic (exact) mass is 357 g/mol. The van der Waals surface area contributed by atoms with E-state index in [2.05, 4.69) is 76.4 Å². The number of rotatable bonds is 6. The van der Waals surface area contributed by atoms with Crippen LogP contribution in [0.1, 0.15) is 18.1 Å². The number of nitrogens with zero attached hydrogens (tertiary/aromatic N) is 2. The third-order valence-corrected chi connectivity index (χ3v) is 4.59. The Morgan fingerprint density at radius 1 is 0.963 bits per heavy atom. The van der Waals surface area contributed by atoms with Gasteiger partial charge in [0.05, 0.1) is 17.6 Å². The maximum atomic E-state index is 5.49. The van der Waals surface area contributed by atoms with E-state index in [1.807, 2.05) is 25.4 Å². The lowest BCUT2D eigenvalue weighted by Gasteiger charge is -2.09. The number of nitrogens with one attached hydrogen (secondary N) is 1. The van der Waals surface area contributed by atoms with Crippen molar-refractivity contribution < 1.29 is 4.74 Å². The zero-order valence-corrected chi connectivity index (χ0v) is 15.6. The van der Waals surface area contributed by atoms with E-state index in [1.165, 1.54) is 11.1 Å². The van der Waals surface area contributed by atoms with Crippen molar-refractivity contribution in [2.24, 2.45) is 0 Å². The summed E-state index contributed by atoms with van der Waals surface area (Å²) in [6, 6.07) is 23.0. The minimum absolute atomic E-state index is 0.687. The van der Waals surface area contributed by atoms with Gasteiger partial charge in [-0.2, -0.15) is 0 Å². The van der Waals surface area contributed by atoms with Crippen LogP contribution < -0.4 is 10.1 Å². The zero-order valence-electron chi connectivity index (χ0n) is 15.6. The summed E-state index contributed by atoms with van der Waals surface area (Å²) < 4.78 is 7.60. The molecule has 1 heterocycles. The van der Waals surface area contributed by atoms with E-state index in [0.717, 1.165) is 34.7 Å². The molecule has 4 heteroatoms. The van der Waals surface area contributed by atoms with Gasteiger partial charge in [-0.15, -0.1) is 0 Å². The van der Waals surface area contributed by atoms with Gasteiger partial charge in [0.25, 0.3) is 0 Å². The molecule has 0 bridgehead atoms. The van der Waals surface area contributed by atoms with Gasteiger partial charge in [-0.25, -0.2) is 4.98 Å². The van der Waals surface area contributed by atoms with Crippen LogP contribution in [-0.4, -0.2) is 16.2 Å². The van der Waals surface area contributed by atoms with Crippen LogP contribution in [0.5, 0.6) is 5.75 Å². The first-order valence-corrected chi connectivity index (χ1v) is 9.22. The summed E-state index contributed by atoms with van der Waals surface area (Å²) in [7, 11) is 0. The van der Waals surface area contributed by atoms with Crippen molar-refractivity contribution >= 4 is 16.7 Å². The summed E-state index contributed by atoms with van der Waals surface area (Å²) in [5.41, 5.74) is 6.73. The molecule has 0 aliphatic heterocycles. The average Bonchev–Trinajstić information content (AvgIpc) is 3.11. The molecule has 0 aliphatic carbocycles. The number of aryl methyl sites for hydroxylation is 1. The Bertz CT molecular complexity index is 1030. The van der Waals surface area contributed by atoms with Gasteiger partial charge in [0.15, 0.2) is 0 Å². The highest BCUT2D eigenvalue weighted by atomic mass is 16.5. The van der Waals surface area contributed by atoms with E-state index >= 15 is 0 Å². The minimum atomic E-state index is 0.687. The first kappa shape index (κ1) is 17.2. The van der Waals surface area contributed by atoms with E-state index < -0.39 is 0 Å². The van der Waals surface area contributed by atoms with Crippen LogP contribution in [0.15, 0.2) is 73.1 Å². The van der Waals surface area contributed by atoms with Crippen molar-refractivity contribution in [3.05, 3.63) is 84.2 Å². The SMILES string of the molecule is CCOc1ccc(CNc2ccc3c(c2)ncn3-c2ccc(C)cc2)cc1. The second-order valence-electron chi connectivity index (χ2n) is 6.58. The normalized spacial score (nSPS) is 10.9. The molecule has 0 atom stereocenters. The summed E-state index contributed by atoms with van der Waals surface area (Å²) >= 11 is 0. The van der Waals surface area contributed by atoms with Crippen LogP contribution in [0, 0.1) is 6.92 Å². The number of fused-ring (bicyclic) bond motifs is 1. The molecule has 27 heavy (non-hydrogen) atoms. The summed E-state index contributed by atoms with van der Waals surface area (Å²) in [4.78, 5) is 4.57. The summed E-state index contributed by atoms with van der Waals surface area (Å²) in [5, 5.41) is 3.47. The predicted octanol–water partition coefficient (Wildman–Crippen LogP) is 5.34. The van der Waals surface area contributed by atoms with Gasteiger partial charge < -0.3 is 10.1 Å². The van der Waals surface area contributed by atoms with Crippen LogP contribution in [0.25, 0.3) is 16.7 Å². The molecule has 4 aromatic rings. The molecule has 0 radical (unpaired) electrons. The number of hydrogen-bond acceptors (Lipinski definition) is 3. The third-order valence-electron chi connectivity index (χ3n) is 4.59. The highest BCUT2D eigenvalue weighted by Gasteiger charge is 2.06. The number of hydrogen-bond donors (Lipinski definition) is 1. The Hall–Kier alpha value is -3.27. The first-order valence-electron chi connectivity index (χ1n) is 9.22. The first-order chi connectivity index (χ1) is 13.2. The van der Waals surface area contributed by atoms with Crippen molar-refractivity contribution in [2.75, 3.05) is 11.9 Å². The van der Waals surface area contributed by atoms with Gasteiger partial charge in [-0.05, 0) is 61.9 Å². The van der Waals surface area contributed by atoms with E-state index in [4.69, 9.17) is 4.74 Å². The average molecular weight is 357 g/mol. The summed E-state index contributed by atoms with van der Waals surface area (Å²) in [6.07, 6.45) is 1.88. The fourth-order valence-corrected chi connectivity index (χ4v) is 3.11. The molecule has 3 aromatic carbocycles. The number of anilines is 1. The van der Waals surface area contributed by atoms with E-state index in [0.29, 0.717) is 6.61 Å². The lowest BCUT2D eigenvalue weighted by atomic mass is 10.2. The predicted molar refractivity (Wildman–Crippen MR) is 111 cm³/mol. The van der Waals surface area contributed by atoms with Crippen molar-refractivity contribution in [3.63, 3.8) is 0 Å². The third kappa shape index (κ3) is 3.80. The molecule has 0 fully saturated rings. The molecule has 1 N–H and O–H groups in total. The Balaban J connectivity index is 1.50. The molecule has 136 valence electrons. The molecule has 1 aromatic heterocycles. The molecule has 0 amide bonds. The lowest BCUT2D eigenvalue weighted by Crippen LogP contribution is -2.00. The zero-order chi connectivity index (χ0) is 18.6. The van der Waals surface area contributed by atoms with Gasteiger partial charge in [-0.1, -0.05) is 29.8 Å². The number of ether oxygens (including phenoxy) is 1. The van der Waals surface area contributed by atoms with Gasteiger partial charge in [0.2, 0.25) is 0 Å². The quantitative estimate of drug-likeness (QED) is 0.506. The molecule has 0 spiro atoms. The van der Waals surface area contributed by atoms with Crippen LogP contribution in [0.3, 0.4) is 0 Å². The van der Waals surface area contributed by atoms with Crippen LogP contribution in [-0.2, 0) is 6.54 Å². The number of aromatic nitrogens is 2. The van der Waals surface area contributed by atoms with Gasteiger partial charge >= 0.3 is 0 Å². The minimum Gasteiger partial charge on any atom is -0.494 e. The Morgan fingerprint density at radius 2 is 1.74 bits per heavy atom. The Kier molecular flexibility index (Phi) is 4.79. The van der Waals surface area contributed by atoms with Crippen molar-refractivity contribution in [1.29, 1.82) is 0 Å². The molecule has 0 saturated heterocycles. The molecule has 0 saturated carbocycles. The largest absolute Gasteiger partial charge is 0.494 e. The molecule has 4 nitrogen and oxygen atoms in total. The number of imidazole rings is 1. The van der Waals surface area contributed by atoms with Crippen molar-refractivity contribution in [1.82, 2.24) is 9.55 Å². The van der Waals surface area contributed by atoms with Crippen LogP contribution >= 0.6 is 0 Å².